The molecule has 1 fully saturated rings. The van der Waals surface area contributed by atoms with Crippen LogP contribution in [0.15, 0.2) is 65.1 Å². The number of aryl methyl sites for hydroxylation is 1. The summed E-state index contributed by atoms with van der Waals surface area (Å²) < 4.78 is 29.8. The largest absolute Gasteiger partial charge is 0.322 e. The molecule has 0 spiro atoms. The molecule has 0 bridgehead atoms. The zero-order valence-corrected chi connectivity index (χ0v) is 19.8. The molecule has 3 heterocycles. The SMILES string of the molecule is Cc1ccc(C(=O)Nc2ccc(-c3cn4ccsc4n3)cc2)cc1S(=O)(=O)N1CCCCC1. The summed E-state index contributed by atoms with van der Waals surface area (Å²) in [6.45, 7) is 2.82. The molecule has 0 atom stereocenters. The number of hydrogen-bond acceptors (Lipinski definition) is 5. The topological polar surface area (TPSA) is 83.8 Å². The lowest BCUT2D eigenvalue weighted by molar-refractivity contribution is 0.102. The highest BCUT2D eigenvalue weighted by Gasteiger charge is 2.28. The van der Waals surface area contributed by atoms with Crippen LogP contribution in [0.25, 0.3) is 16.2 Å². The number of nitrogens with one attached hydrogen (secondary N) is 1. The molecule has 1 aliphatic heterocycles. The number of rotatable bonds is 5. The average molecular weight is 481 g/mol. The van der Waals surface area contributed by atoms with E-state index in [4.69, 9.17) is 0 Å². The van der Waals surface area contributed by atoms with Gasteiger partial charge in [-0.3, -0.25) is 9.20 Å². The summed E-state index contributed by atoms with van der Waals surface area (Å²) in [4.78, 5) is 18.6. The molecule has 170 valence electrons. The van der Waals surface area contributed by atoms with Gasteiger partial charge in [-0.2, -0.15) is 4.31 Å². The average Bonchev–Trinajstić information content (AvgIpc) is 3.43. The van der Waals surface area contributed by atoms with Crippen LogP contribution in [0.2, 0.25) is 0 Å². The Morgan fingerprint density at radius 3 is 2.55 bits per heavy atom. The van der Waals surface area contributed by atoms with Crippen LogP contribution in [-0.4, -0.2) is 41.1 Å². The van der Waals surface area contributed by atoms with Crippen LogP contribution in [-0.2, 0) is 10.0 Å². The summed E-state index contributed by atoms with van der Waals surface area (Å²) in [5, 5.41) is 4.85. The molecule has 1 aliphatic rings. The van der Waals surface area contributed by atoms with E-state index in [1.54, 1.807) is 30.4 Å². The van der Waals surface area contributed by atoms with Gasteiger partial charge in [0, 0.05) is 47.7 Å². The summed E-state index contributed by atoms with van der Waals surface area (Å²) in [5.41, 5.74) is 3.40. The van der Waals surface area contributed by atoms with Gasteiger partial charge in [0.15, 0.2) is 4.96 Å². The van der Waals surface area contributed by atoms with Crippen molar-refractivity contribution in [3.8, 4) is 11.3 Å². The van der Waals surface area contributed by atoms with Crippen LogP contribution in [0.4, 0.5) is 5.69 Å². The lowest BCUT2D eigenvalue weighted by Gasteiger charge is -2.26. The van der Waals surface area contributed by atoms with Crippen LogP contribution < -0.4 is 5.32 Å². The van der Waals surface area contributed by atoms with Crippen molar-refractivity contribution in [2.24, 2.45) is 0 Å². The Hall–Kier alpha value is -3.01. The minimum absolute atomic E-state index is 0.201. The van der Waals surface area contributed by atoms with Gasteiger partial charge in [0.05, 0.1) is 10.6 Å². The molecule has 33 heavy (non-hydrogen) atoms. The molecule has 5 rings (SSSR count). The molecule has 0 radical (unpaired) electrons. The Morgan fingerprint density at radius 2 is 1.82 bits per heavy atom. The Balaban J connectivity index is 1.34. The maximum Gasteiger partial charge on any atom is 0.255 e. The molecule has 7 nitrogen and oxygen atoms in total. The third-order valence-corrected chi connectivity index (χ3v) is 8.73. The zero-order valence-electron chi connectivity index (χ0n) is 18.2. The van der Waals surface area contributed by atoms with Crippen molar-refractivity contribution in [3.05, 3.63) is 71.4 Å². The van der Waals surface area contributed by atoms with E-state index in [1.165, 1.54) is 10.4 Å². The number of fused-ring (bicyclic) bond motifs is 1. The van der Waals surface area contributed by atoms with Crippen molar-refractivity contribution in [3.63, 3.8) is 0 Å². The number of benzene rings is 2. The molecule has 9 heteroatoms. The van der Waals surface area contributed by atoms with Crippen molar-refractivity contribution in [2.75, 3.05) is 18.4 Å². The van der Waals surface area contributed by atoms with Crippen molar-refractivity contribution in [2.45, 2.75) is 31.1 Å². The highest BCUT2D eigenvalue weighted by molar-refractivity contribution is 7.89. The molecule has 2 aromatic heterocycles. The van der Waals surface area contributed by atoms with Crippen LogP contribution in [0.1, 0.15) is 35.2 Å². The number of nitrogens with zero attached hydrogens (tertiary/aromatic N) is 3. The van der Waals surface area contributed by atoms with Gasteiger partial charge in [0.2, 0.25) is 10.0 Å². The molecule has 1 amide bonds. The zero-order chi connectivity index (χ0) is 23.0. The monoisotopic (exact) mass is 480 g/mol. The first-order valence-electron chi connectivity index (χ1n) is 10.9. The predicted molar refractivity (Wildman–Crippen MR) is 130 cm³/mol. The number of thiazole rings is 1. The van der Waals surface area contributed by atoms with E-state index in [1.807, 2.05) is 46.4 Å². The Labute approximate surface area is 196 Å². The van der Waals surface area contributed by atoms with Gasteiger partial charge in [-0.05, 0) is 49.6 Å². The number of aromatic nitrogens is 2. The highest BCUT2D eigenvalue weighted by Crippen LogP contribution is 2.26. The Morgan fingerprint density at radius 1 is 1.06 bits per heavy atom. The minimum Gasteiger partial charge on any atom is -0.322 e. The number of amides is 1. The normalized spacial score (nSPS) is 15.1. The molecule has 4 aromatic rings. The molecule has 2 aromatic carbocycles. The lowest BCUT2D eigenvalue weighted by atomic mass is 10.1. The van der Waals surface area contributed by atoms with Crippen LogP contribution >= 0.6 is 11.3 Å². The van der Waals surface area contributed by atoms with Crippen LogP contribution in [0, 0.1) is 6.92 Å². The van der Waals surface area contributed by atoms with Gasteiger partial charge in [0.25, 0.3) is 5.91 Å². The fourth-order valence-electron chi connectivity index (χ4n) is 4.06. The van der Waals surface area contributed by atoms with Crippen molar-refractivity contribution >= 4 is 37.9 Å². The number of carbonyl (C=O) groups is 1. The molecular weight excluding hydrogens is 456 g/mol. The maximum absolute atomic E-state index is 13.1. The number of hydrogen-bond donors (Lipinski definition) is 1. The molecule has 0 unspecified atom stereocenters. The fourth-order valence-corrected chi connectivity index (χ4v) is 6.53. The number of anilines is 1. The summed E-state index contributed by atoms with van der Waals surface area (Å²) in [6.07, 6.45) is 6.71. The van der Waals surface area contributed by atoms with Gasteiger partial charge >= 0.3 is 0 Å². The summed E-state index contributed by atoms with van der Waals surface area (Å²) in [7, 11) is -3.62. The minimum atomic E-state index is -3.62. The van der Waals surface area contributed by atoms with Crippen molar-refractivity contribution < 1.29 is 13.2 Å². The molecule has 0 aliphatic carbocycles. The molecule has 1 N–H and O–H groups in total. The first kappa shape index (κ1) is 21.8. The summed E-state index contributed by atoms with van der Waals surface area (Å²) in [6, 6.07) is 12.3. The third kappa shape index (κ3) is 4.31. The Kier molecular flexibility index (Phi) is 5.77. The third-order valence-electron chi connectivity index (χ3n) is 5.91. The number of sulfonamides is 1. The highest BCUT2D eigenvalue weighted by atomic mass is 32.2. The van der Waals surface area contributed by atoms with Gasteiger partial charge in [-0.15, -0.1) is 11.3 Å². The quantitative estimate of drug-likeness (QED) is 0.445. The van der Waals surface area contributed by atoms with Gasteiger partial charge in [0.1, 0.15) is 0 Å². The number of piperidine rings is 1. The molecule has 1 saturated heterocycles. The first-order valence-corrected chi connectivity index (χ1v) is 13.2. The van der Waals surface area contributed by atoms with Crippen molar-refractivity contribution in [1.29, 1.82) is 0 Å². The van der Waals surface area contributed by atoms with Crippen molar-refractivity contribution in [1.82, 2.24) is 13.7 Å². The van der Waals surface area contributed by atoms with Gasteiger partial charge in [-0.1, -0.05) is 24.6 Å². The van der Waals surface area contributed by atoms with E-state index >= 15 is 0 Å². The molecular formula is C24H24N4O3S2. The molecule has 0 saturated carbocycles. The number of carbonyl (C=O) groups excluding carboxylic acids is 1. The van der Waals surface area contributed by atoms with E-state index in [0.717, 1.165) is 35.5 Å². The fraction of sp³-hybridized carbons (Fsp3) is 0.250. The van der Waals surface area contributed by atoms with E-state index in [9.17, 15) is 13.2 Å². The van der Waals surface area contributed by atoms with Crippen LogP contribution in [0.5, 0.6) is 0 Å². The standard InChI is InChI=1S/C24H24N4O3S2/c1-17-5-6-19(15-22(17)33(30,31)28-11-3-2-4-12-28)23(29)25-20-9-7-18(8-10-20)21-16-27-13-14-32-24(27)26-21/h5-10,13-16H,2-4,11-12H2,1H3,(H,25,29). The van der Waals surface area contributed by atoms with E-state index in [2.05, 4.69) is 10.3 Å². The second-order valence-electron chi connectivity index (χ2n) is 8.20. The first-order chi connectivity index (χ1) is 15.9. The Bertz CT molecular complexity index is 1390. The van der Waals surface area contributed by atoms with E-state index in [-0.39, 0.29) is 10.8 Å². The summed E-state index contributed by atoms with van der Waals surface area (Å²) >= 11 is 1.57. The van der Waals surface area contributed by atoms with Crippen LogP contribution in [0.3, 0.4) is 0 Å². The second-order valence-corrected chi connectivity index (χ2v) is 11.0. The number of imidazole rings is 1. The smallest absolute Gasteiger partial charge is 0.255 e. The van der Waals surface area contributed by atoms with Gasteiger partial charge < -0.3 is 5.32 Å². The lowest BCUT2D eigenvalue weighted by Crippen LogP contribution is -2.36. The van der Waals surface area contributed by atoms with E-state index < -0.39 is 10.0 Å². The second kappa shape index (κ2) is 8.74. The maximum atomic E-state index is 13.1. The summed E-state index contributed by atoms with van der Waals surface area (Å²) in [5.74, 6) is -0.347. The van der Waals surface area contributed by atoms with Gasteiger partial charge in [-0.25, -0.2) is 13.4 Å². The van der Waals surface area contributed by atoms with E-state index in [0.29, 0.717) is 29.9 Å². The predicted octanol–water partition coefficient (Wildman–Crippen LogP) is 4.80.